The van der Waals surface area contributed by atoms with E-state index in [0.29, 0.717) is 16.7 Å². The Kier molecular flexibility index (Phi) is 3.99. The number of nitrogens with two attached hydrogens (primary N) is 1. The topological polar surface area (TPSA) is 119 Å². The second kappa shape index (κ2) is 6.56. The number of thiophene rings is 1. The van der Waals surface area contributed by atoms with Gasteiger partial charge in [-0.05, 0) is 42.9 Å². The summed E-state index contributed by atoms with van der Waals surface area (Å²) >= 11 is 1.58. The molecule has 0 aliphatic heterocycles. The van der Waals surface area contributed by atoms with Crippen molar-refractivity contribution in [2.45, 2.75) is 25.7 Å². The van der Waals surface area contributed by atoms with E-state index in [2.05, 4.69) is 27.0 Å². The number of aromatic nitrogens is 4. The van der Waals surface area contributed by atoms with Gasteiger partial charge < -0.3 is 5.73 Å². The van der Waals surface area contributed by atoms with Gasteiger partial charge in [0.15, 0.2) is 5.82 Å². The van der Waals surface area contributed by atoms with Crippen LogP contribution in [0.2, 0.25) is 0 Å². The monoisotopic (exact) mass is 406 g/mol. The quantitative estimate of drug-likeness (QED) is 0.481. The van der Waals surface area contributed by atoms with Crippen LogP contribution in [0.5, 0.6) is 0 Å². The molecular formula is C20H18N6O2S. The number of hydrogen-bond acceptors (Lipinski definition) is 7. The highest BCUT2D eigenvalue weighted by molar-refractivity contribution is 7.19. The van der Waals surface area contributed by atoms with E-state index in [9.17, 15) is 9.59 Å². The van der Waals surface area contributed by atoms with E-state index < -0.39 is 11.4 Å². The van der Waals surface area contributed by atoms with Gasteiger partial charge in [0.05, 0.1) is 10.9 Å². The van der Waals surface area contributed by atoms with Crippen LogP contribution in [0.3, 0.4) is 0 Å². The molecule has 0 saturated carbocycles. The van der Waals surface area contributed by atoms with E-state index in [1.54, 1.807) is 23.5 Å². The van der Waals surface area contributed by atoms with Crippen LogP contribution in [0.25, 0.3) is 27.2 Å². The number of rotatable bonds is 3. The minimum Gasteiger partial charge on any atom is -0.383 e. The summed E-state index contributed by atoms with van der Waals surface area (Å²) in [6.07, 6.45) is 5.80. The molecule has 0 radical (unpaired) electrons. The Hall–Kier alpha value is -3.46. The summed E-state index contributed by atoms with van der Waals surface area (Å²) in [5, 5.41) is 1.48. The average Bonchev–Trinajstić information content (AvgIpc) is 3.08. The number of H-pyrrole nitrogens is 1. The zero-order valence-electron chi connectivity index (χ0n) is 15.5. The van der Waals surface area contributed by atoms with Gasteiger partial charge in [0, 0.05) is 10.3 Å². The van der Waals surface area contributed by atoms with Gasteiger partial charge in [0.25, 0.3) is 0 Å². The third-order valence-electron chi connectivity index (χ3n) is 5.26. The van der Waals surface area contributed by atoms with Crippen LogP contribution in [-0.4, -0.2) is 19.6 Å². The number of aromatic amines is 1. The molecule has 0 saturated heterocycles. The molecule has 0 unspecified atom stereocenters. The number of benzene rings is 1. The predicted molar refractivity (Wildman–Crippen MR) is 116 cm³/mol. The van der Waals surface area contributed by atoms with Crippen molar-refractivity contribution in [1.82, 2.24) is 19.6 Å². The molecule has 9 heteroatoms. The molecule has 1 aliphatic rings. The van der Waals surface area contributed by atoms with E-state index in [0.717, 1.165) is 41.5 Å². The summed E-state index contributed by atoms with van der Waals surface area (Å²) in [5.74, 6) is 0.484. The van der Waals surface area contributed by atoms with Crippen molar-refractivity contribution in [3.63, 3.8) is 0 Å². The lowest BCUT2D eigenvalue weighted by molar-refractivity contribution is 0.700. The smallest absolute Gasteiger partial charge is 0.368 e. The average molecular weight is 406 g/mol. The largest absolute Gasteiger partial charge is 0.383 e. The third kappa shape index (κ3) is 2.73. The Morgan fingerprint density at radius 1 is 1.21 bits per heavy atom. The number of fused-ring (bicyclic) bond motifs is 4. The molecule has 29 heavy (non-hydrogen) atoms. The summed E-state index contributed by atoms with van der Waals surface area (Å²) in [5.41, 5.74) is 10.5. The molecule has 4 N–H and O–H groups in total. The zero-order valence-corrected chi connectivity index (χ0v) is 16.3. The third-order valence-corrected chi connectivity index (χ3v) is 6.47. The van der Waals surface area contributed by atoms with Crippen LogP contribution in [0.15, 0.2) is 34.4 Å². The molecule has 3 heterocycles. The molecule has 1 aliphatic carbocycles. The molecule has 146 valence electrons. The zero-order chi connectivity index (χ0) is 20.1. The fourth-order valence-electron chi connectivity index (χ4n) is 3.99. The van der Waals surface area contributed by atoms with Crippen molar-refractivity contribution in [2.75, 3.05) is 11.2 Å². The van der Waals surface area contributed by atoms with Gasteiger partial charge in [-0.15, -0.1) is 11.3 Å². The molecule has 5 rings (SSSR count). The molecule has 1 aromatic carbocycles. The molecular weight excluding hydrogens is 388 g/mol. The van der Waals surface area contributed by atoms with Crippen molar-refractivity contribution in [3.05, 3.63) is 61.8 Å². The Labute approximate surface area is 168 Å². The second-order valence-electron chi connectivity index (χ2n) is 6.98. The molecule has 3 aromatic heterocycles. The van der Waals surface area contributed by atoms with Crippen LogP contribution >= 0.6 is 11.3 Å². The van der Waals surface area contributed by atoms with Gasteiger partial charge >= 0.3 is 11.4 Å². The maximum Gasteiger partial charge on any atom is 0.368 e. The number of aryl methyl sites for hydroxylation is 2. The predicted octanol–water partition coefficient (Wildman–Crippen LogP) is 2.67. The maximum atomic E-state index is 12.7. The summed E-state index contributed by atoms with van der Waals surface area (Å²) < 4.78 is 1.28. The van der Waals surface area contributed by atoms with Crippen LogP contribution in [0.4, 0.5) is 11.6 Å². The van der Waals surface area contributed by atoms with Crippen LogP contribution in [0, 0.1) is 0 Å². The first-order chi connectivity index (χ1) is 14.1. The number of nitrogen functional groups attached to an aromatic ring is 1. The van der Waals surface area contributed by atoms with Crippen molar-refractivity contribution < 1.29 is 0 Å². The Morgan fingerprint density at radius 3 is 2.86 bits per heavy atom. The number of nitrogens with zero attached hydrogens (tertiary/aromatic N) is 3. The van der Waals surface area contributed by atoms with Crippen molar-refractivity contribution >= 4 is 50.2 Å². The highest BCUT2D eigenvalue weighted by Gasteiger charge is 2.21. The fourth-order valence-corrected chi connectivity index (χ4v) is 5.27. The van der Waals surface area contributed by atoms with E-state index in [1.165, 1.54) is 15.1 Å². The van der Waals surface area contributed by atoms with E-state index in [4.69, 9.17) is 5.73 Å². The molecule has 0 atom stereocenters. The molecule has 0 spiro atoms. The van der Waals surface area contributed by atoms with E-state index in [1.807, 2.05) is 12.1 Å². The minimum atomic E-state index is -0.574. The Balaban J connectivity index is 1.78. The Morgan fingerprint density at radius 2 is 2.03 bits per heavy atom. The van der Waals surface area contributed by atoms with Crippen LogP contribution < -0.4 is 22.5 Å². The molecule has 4 aromatic rings. The summed E-state index contributed by atoms with van der Waals surface area (Å²) in [6, 6.07) is 5.42. The molecule has 0 fully saturated rings. The molecule has 0 bridgehead atoms. The van der Waals surface area contributed by atoms with Gasteiger partial charge in [0.1, 0.15) is 10.6 Å². The standard InChI is InChI=1S/C20H18N6O2S/c1-2-10-6-5-8-12-14(10)16(21)22-20(28)26(12)25-17-15-11-7-3-4-9-13(11)29-18(15)24-19(27)23-17/h2,5-6,8H,1,3-4,7,9H2,(H2,21,22,28)(H2,23,24,25,27). The fraction of sp³-hybridized carbons (Fsp3) is 0.200. The van der Waals surface area contributed by atoms with Gasteiger partial charge in [-0.2, -0.15) is 9.97 Å². The highest BCUT2D eigenvalue weighted by atomic mass is 32.1. The lowest BCUT2D eigenvalue weighted by Gasteiger charge is -2.15. The van der Waals surface area contributed by atoms with E-state index in [-0.39, 0.29) is 5.82 Å². The highest BCUT2D eigenvalue weighted by Crippen LogP contribution is 2.37. The number of hydrogen-bond donors (Lipinski definition) is 3. The lowest BCUT2D eigenvalue weighted by atomic mass is 9.97. The van der Waals surface area contributed by atoms with Gasteiger partial charge in [-0.25, -0.2) is 14.3 Å². The second-order valence-corrected chi connectivity index (χ2v) is 8.08. The first-order valence-corrected chi connectivity index (χ1v) is 10.1. The van der Waals surface area contributed by atoms with Crippen LogP contribution in [-0.2, 0) is 12.8 Å². The van der Waals surface area contributed by atoms with Crippen molar-refractivity contribution in [2.24, 2.45) is 0 Å². The van der Waals surface area contributed by atoms with Gasteiger partial charge in [0.2, 0.25) is 0 Å². The van der Waals surface area contributed by atoms with Gasteiger partial charge in [-0.1, -0.05) is 24.8 Å². The normalized spacial score (nSPS) is 13.5. The Bertz CT molecular complexity index is 1410. The number of anilines is 2. The maximum absolute atomic E-state index is 12.7. The number of nitrogens with one attached hydrogen (secondary N) is 2. The SMILES string of the molecule is C=Cc1cccc2c1c(N)nc(=O)n2Nc1nc(=O)[nH]c2sc3c(c12)CCCC3. The minimum absolute atomic E-state index is 0.135. The summed E-state index contributed by atoms with van der Waals surface area (Å²) in [4.78, 5) is 37.8. The molecule has 0 amide bonds. The first-order valence-electron chi connectivity index (χ1n) is 9.32. The summed E-state index contributed by atoms with van der Waals surface area (Å²) in [6.45, 7) is 3.80. The van der Waals surface area contributed by atoms with Crippen molar-refractivity contribution in [3.8, 4) is 0 Å². The van der Waals surface area contributed by atoms with Gasteiger partial charge in [-0.3, -0.25) is 10.4 Å². The van der Waals surface area contributed by atoms with Crippen LogP contribution in [0.1, 0.15) is 28.8 Å². The lowest BCUT2D eigenvalue weighted by Crippen LogP contribution is -2.31. The van der Waals surface area contributed by atoms with E-state index >= 15 is 0 Å². The first kappa shape index (κ1) is 17.6. The summed E-state index contributed by atoms with van der Waals surface area (Å²) in [7, 11) is 0. The van der Waals surface area contributed by atoms with Crippen molar-refractivity contribution in [1.29, 1.82) is 0 Å². The molecule has 8 nitrogen and oxygen atoms in total.